The van der Waals surface area contributed by atoms with Crippen molar-refractivity contribution in [1.82, 2.24) is 14.3 Å². The van der Waals surface area contributed by atoms with Crippen LogP contribution in [-0.2, 0) is 10.0 Å². The standard InChI is InChI=1S/C22H21ClN4O3S/c23-19-10-9-17(13-20(19)31(29,30)27-11-5-2-6-12-27)22(28)26-18-14-24-21(25-15-18)16-7-3-1-4-8-16/h1,3-4,7-10,13-15H,2,5-6,11-12H2,(H,26,28). The Morgan fingerprint density at radius 3 is 2.32 bits per heavy atom. The van der Waals surface area contributed by atoms with E-state index in [0.29, 0.717) is 24.6 Å². The van der Waals surface area contributed by atoms with Gasteiger partial charge in [0.1, 0.15) is 4.90 Å². The monoisotopic (exact) mass is 456 g/mol. The minimum Gasteiger partial charge on any atom is -0.319 e. The Hall–Kier alpha value is -2.81. The van der Waals surface area contributed by atoms with E-state index in [-0.39, 0.29) is 15.5 Å². The van der Waals surface area contributed by atoms with Crippen molar-refractivity contribution in [2.45, 2.75) is 24.2 Å². The van der Waals surface area contributed by atoms with Crippen LogP contribution >= 0.6 is 11.6 Å². The lowest BCUT2D eigenvalue weighted by Crippen LogP contribution is -2.35. The van der Waals surface area contributed by atoms with Crippen molar-refractivity contribution in [3.05, 3.63) is 71.5 Å². The Balaban J connectivity index is 1.53. The minimum absolute atomic E-state index is 0.0561. The number of benzene rings is 2. The molecule has 0 aliphatic carbocycles. The molecule has 9 heteroatoms. The van der Waals surface area contributed by atoms with Crippen LogP contribution in [0.25, 0.3) is 11.4 Å². The number of hydrogen-bond acceptors (Lipinski definition) is 5. The number of halogens is 1. The van der Waals surface area contributed by atoms with E-state index in [2.05, 4.69) is 15.3 Å². The van der Waals surface area contributed by atoms with E-state index in [4.69, 9.17) is 11.6 Å². The summed E-state index contributed by atoms with van der Waals surface area (Å²) in [4.78, 5) is 21.2. The second-order valence-electron chi connectivity index (χ2n) is 7.23. The van der Waals surface area contributed by atoms with Gasteiger partial charge in [-0.05, 0) is 31.0 Å². The molecule has 0 spiro atoms. The number of carbonyl (C=O) groups is 1. The van der Waals surface area contributed by atoms with Crippen LogP contribution in [0.5, 0.6) is 0 Å². The zero-order valence-electron chi connectivity index (χ0n) is 16.7. The molecular weight excluding hydrogens is 436 g/mol. The van der Waals surface area contributed by atoms with Gasteiger partial charge in [-0.1, -0.05) is 48.4 Å². The molecule has 1 amide bonds. The van der Waals surface area contributed by atoms with Crippen LogP contribution < -0.4 is 5.32 Å². The van der Waals surface area contributed by atoms with Crippen LogP contribution in [-0.4, -0.2) is 41.7 Å². The first-order valence-electron chi connectivity index (χ1n) is 9.94. The molecule has 1 N–H and O–H groups in total. The summed E-state index contributed by atoms with van der Waals surface area (Å²) >= 11 is 6.18. The average molecular weight is 457 g/mol. The van der Waals surface area contributed by atoms with Gasteiger partial charge in [0.05, 0.1) is 23.1 Å². The molecule has 0 saturated carbocycles. The molecule has 1 aliphatic heterocycles. The molecule has 0 atom stereocenters. The molecule has 3 aromatic rings. The second kappa shape index (κ2) is 9.13. The van der Waals surface area contributed by atoms with Crippen molar-refractivity contribution in [3.63, 3.8) is 0 Å². The largest absolute Gasteiger partial charge is 0.319 e. The SMILES string of the molecule is O=C(Nc1cnc(-c2ccccc2)nc1)c1ccc(Cl)c(S(=O)(=O)N2CCCCC2)c1. The van der Waals surface area contributed by atoms with Crippen LogP contribution in [0.15, 0.2) is 65.8 Å². The van der Waals surface area contributed by atoms with Gasteiger partial charge in [-0.2, -0.15) is 4.31 Å². The Kier molecular flexibility index (Phi) is 6.31. The normalized spacial score (nSPS) is 14.9. The van der Waals surface area contributed by atoms with E-state index in [9.17, 15) is 13.2 Å². The molecule has 1 fully saturated rings. The fourth-order valence-corrected chi connectivity index (χ4v) is 5.44. The molecule has 1 aliphatic rings. The molecule has 1 aromatic heterocycles. The average Bonchev–Trinajstić information content (AvgIpc) is 2.81. The highest BCUT2D eigenvalue weighted by Crippen LogP contribution is 2.28. The summed E-state index contributed by atoms with van der Waals surface area (Å²) < 4.78 is 27.4. The molecule has 160 valence electrons. The van der Waals surface area contributed by atoms with Crippen molar-refractivity contribution < 1.29 is 13.2 Å². The first-order valence-corrected chi connectivity index (χ1v) is 11.8. The Morgan fingerprint density at radius 2 is 1.65 bits per heavy atom. The van der Waals surface area contributed by atoms with Gasteiger partial charge in [0.2, 0.25) is 10.0 Å². The third-order valence-electron chi connectivity index (χ3n) is 5.07. The van der Waals surface area contributed by atoms with E-state index in [0.717, 1.165) is 24.8 Å². The molecule has 0 unspecified atom stereocenters. The number of nitrogens with one attached hydrogen (secondary N) is 1. The summed E-state index contributed by atoms with van der Waals surface area (Å²) in [5, 5.41) is 2.79. The summed E-state index contributed by atoms with van der Waals surface area (Å²) in [5.41, 5.74) is 1.46. The van der Waals surface area contributed by atoms with E-state index >= 15 is 0 Å². The van der Waals surface area contributed by atoms with Crippen molar-refractivity contribution in [3.8, 4) is 11.4 Å². The van der Waals surface area contributed by atoms with Gasteiger partial charge in [-0.15, -0.1) is 0 Å². The Bertz CT molecular complexity index is 1180. The van der Waals surface area contributed by atoms with Gasteiger partial charge >= 0.3 is 0 Å². The Morgan fingerprint density at radius 1 is 0.968 bits per heavy atom. The summed E-state index contributed by atoms with van der Waals surface area (Å²) in [7, 11) is -3.76. The molecule has 2 aromatic carbocycles. The van der Waals surface area contributed by atoms with Crippen LogP contribution in [0.3, 0.4) is 0 Å². The van der Waals surface area contributed by atoms with Crippen LogP contribution in [0.2, 0.25) is 5.02 Å². The van der Waals surface area contributed by atoms with Gasteiger partial charge in [0.15, 0.2) is 5.82 Å². The first-order chi connectivity index (χ1) is 14.9. The second-order valence-corrected chi connectivity index (χ2v) is 9.54. The number of amides is 1. The number of aromatic nitrogens is 2. The van der Waals surface area contributed by atoms with E-state index < -0.39 is 15.9 Å². The highest BCUT2D eigenvalue weighted by atomic mass is 35.5. The summed E-state index contributed by atoms with van der Waals surface area (Å²) in [6.45, 7) is 0.917. The van der Waals surface area contributed by atoms with Gasteiger partial charge in [0.25, 0.3) is 5.91 Å². The third-order valence-corrected chi connectivity index (χ3v) is 7.45. The predicted molar refractivity (Wildman–Crippen MR) is 119 cm³/mol. The highest BCUT2D eigenvalue weighted by Gasteiger charge is 2.28. The number of anilines is 1. The molecule has 0 bridgehead atoms. The molecule has 0 radical (unpaired) electrons. The fourth-order valence-electron chi connectivity index (χ4n) is 3.42. The number of rotatable bonds is 5. The zero-order valence-corrected chi connectivity index (χ0v) is 18.2. The van der Waals surface area contributed by atoms with Gasteiger partial charge in [-0.25, -0.2) is 18.4 Å². The van der Waals surface area contributed by atoms with Crippen LogP contribution in [0.4, 0.5) is 5.69 Å². The number of sulfonamides is 1. The van der Waals surface area contributed by atoms with Crippen LogP contribution in [0.1, 0.15) is 29.6 Å². The van der Waals surface area contributed by atoms with E-state index in [1.807, 2.05) is 30.3 Å². The molecule has 31 heavy (non-hydrogen) atoms. The first kappa shape index (κ1) is 21.4. The van der Waals surface area contributed by atoms with Crippen molar-refractivity contribution in [1.29, 1.82) is 0 Å². The quantitative estimate of drug-likeness (QED) is 0.620. The minimum atomic E-state index is -3.76. The van der Waals surface area contributed by atoms with E-state index in [1.54, 1.807) is 0 Å². The zero-order chi connectivity index (χ0) is 21.8. The maximum atomic E-state index is 13.0. The smallest absolute Gasteiger partial charge is 0.255 e. The molecule has 2 heterocycles. The van der Waals surface area contributed by atoms with Gasteiger partial charge < -0.3 is 5.32 Å². The summed E-state index contributed by atoms with van der Waals surface area (Å²) in [5.74, 6) is 0.0721. The van der Waals surface area contributed by atoms with Crippen molar-refractivity contribution in [2.75, 3.05) is 18.4 Å². The molecule has 1 saturated heterocycles. The molecular formula is C22H21ClN4O3S. The lowest BCUT2D eigenvalue weighted by Gasteiger charge is -2.26. The maximum Gasteiger partial charge on any atom is 0.255 e. The maximum absolute atomic E-state index is 13.0. The number of piperidine rings is 1. The van der Waals surface area contributed by atoms with Gasteiger partial charge in [0, 0.05) is 24.2 Å². The topological polar surface area (TPSA) is 92.3 Å². The molecule has 7 nitrogen and oxygen atoms in total. The Labute approximate surface area is 186 Å². The predicted octanol–water partition coefficient (Wildman–Crippen LogP) is 4.22. The highest BCUT2D eigenvalue weighted by molar-refractivity contribution is 7.89. The number of hydrogen-bond donors (Lipinski definition) is 1. The lowest BCUT2D eigenvalue weighted by atomic mass is 10.2. The van der Waals surface area contributed by atoms with Crippen LogP contribution in [0, 0.1) is 0 Å². The lowest BCUT2D eigenvalue weighted by molar-refractivity contribution is 0.102. The van der Waals surface area contributed by atoms with Gasteiger partial charge in [-0.3, -0.25) is 4.79 Å². The number of carbonyl (C=O) groups excluding carboxylic acids is 1. The van der Waals surface area contributed by atoms with E-state index in [1.165, 1.54) is 34.9 Å². The summed E-state index contributed by atoms with van der Waals surface area (Å²) in [6.07, 6.45) is 5.66. The number of nitrogens with zero attached hydrogens (tertiary/aromatic N) is 3. The fraction of sp³-hybridized carbons (Fsp3) is 0.227. The van der Waals surface area contributed by atoms with Crippen molar-refractivity contribution in [2.24, 2.45) is 0 Å². The van der Waals surface area contributed by atoms with Crippen molar-refractivity contribution >= 4 is 33.2 Å². The third kappa shape index (κ3) is 4.76. The summed E-state index contributed by atoms with van der Waals surface area (Å²) in [6, 6.07) is 13.7. The molecule has 4 rings (SSSR count).